The van der Waals surface area contributed by atoms with Crippen molar-refractivity contribution >= 4 is 29.7 Å². The second kappa shape index (κ2) is 14.4. The summed E-state index contributed by atoms with van der Waals surface area (Å²) in [5.74, 6) is -11.0. The SMILES string of the molecule is N/C(=N\O)c1cccc(C(=O)O)n1.O=C(O)c1cccc(-c2noc(C(F)(F)F)n2)n1.O=C(OC(=O)C(F)(F)F)C(F)(F)F. The van der Waals surface area contributed by atoms with Crippen LogP contribution in [0.1, 0.15) is 32.6 Å². The Bertz CT molecular complexity index is 1510. The molecule has 0 amide bonds. The molecule has 3 heterocycles. The molecule has 0 bridgehead atoms. The van der Waals surface area contributed by atoms with Crippen molar-refractivity contribution in [2.75, 3.05) is 0 Å². The minimum Gasteiger partial charge on any atom is -0.477 e. The van der Waals surface area contributed by atoms with Gasteiger partial charge in [0.2, 0.25) is 5.82 Å². The molecule has 238 valence electrons. The van der Waals surface area contributed by atoms with Gasteiger partial charge in [-0.05, 0) is 24.3 Å². The van der Waals surface area contributed by atoms with Gasteiger partial charge in [0.05, 0.1) is 0 Å². The van der Waals surface area contributed by atoms with Gasteiger partial charge in [-0.25, -0.2) is 29.1 Å². The third-order valence-corrected chi connectivity index (χ3v) is 3.85. The molecule has 0 spiro atoms. The number of alkyl halides is 9. The molecule has 0 radical (unpaired) electrons. The van der Waals surface area contributed by atoms with Gasteiger partial charge in [0.1, 0.15) is 22.8 Å². The Morgan fingerprint density at radius 3 is 1.61 bits per heavy atom. The van der Waals surface area contributed by atoms with E-state index in [1.54, 1.807) is 0 Å². The predicted molar refractivity (Wildman–Crippen MR) is 116 cm³/mol. The second-order valence-corrected chi connectivity index (χ2v) is 7.01. The average Bonchev–Trinajstić information content (AvgIpc) is 3.44. The van der Waals surface area contributed by atoms with Crippen molar-refractivity contribution in [3.05, 3.63) is 59.4 Å². The van der Waals surface area contributed by atoms with Crippen LogP contribution in [-0.2, 0) is 20.5 Å². The third kappa shape index (κ3) is 11.2. The number of ether oxygens (including phenoxy) is 1. The lowest BCUT2D eigenvalue weighted by Gasteiger charge is -2.06. The summed E-state index contributed by atoms with van der Waals surface area (Å²) in [6, 6.07) is 8.01. The summed E-state index contributed by atoms with van der Waals surface area (Å²) in [6.45, 7) is 0. The Morgan fingerprint density at radius 1 is 0.750 bits per heavy atom. The van der Waals surface area contributed by atoms with E-state index in [0.717, 1.165) is 0 Å². The van der Waals surface area contributed by atoms with Gasteiger partial charge < -0.3 is 30.4 Å². The number of halogens is 9. The van der Waals surface area contributed by atoms with Crippen molar-refractivity contribution in [3.63, 3.8) is 0 Å². The molecule has 0 aliphatic carbocycles. The number of esters is 2. The zero-order valence-electron chi connectivity index (χ0n) is 20.5. The fraction of sp³-hybridized carbons (Fsp3) is 0.150. The van der Waals surface area contributed by atoms with E-state index in [1.165, 1.54) is 36.4 Å². The maximum Gasteiger partial charge on any atom is 0.491 e. The summed E-state index contributed by atoms with van der Waals surface area (Å²) >= 11 is 0. The fourth-order valence-corrected chi connectivity index (χ4v) is 2.07. The van der Waals surface area contributed by atoms with E-state index in [0.29, 0.717) is 0 Å². The van der Waals surface area contributed by atoms with Crippen LogP contribution in [-0.4, -0.2) is 77.6 Å². The van der Waals surface area contributed by atoms with Crippen LogP contribution in [0.25, 0.3) is 11.5 Å². The molecule has 24 heteroatoms. The van der Waals surface area contributed by atoms with Crippen molar-refractivity contribution in [1.82, 2.24) is 20.1 Å². The molecule has 0 fully saturated rings. The van der Waals surface area contributed by atoms with Crippen LogP contribution in [0, 0.1) is 0 Å². The first-order valence-electron chi connectivity index (χ1n) is 10.3. The number of nitrogens with zero attached hydrogens (tertiary/aromatic N) is 5. The molecule has 3 aromatic heterocycles. The molecule has 0 atom stereocenters. The number of amidine groups is 1. The van der Waals surface area contributed by atoms with E-state index < -0.39 is 54.1 Å². The first-order chi connectivity index (χ1) is 20.1. The predicted octanol–water partition coefficient (Wildman–Crippen LogP) is 2.90. The molecule has 0 aliphatic rings. The average molecular weight is 650 g/mol. The Labute approximate surface area is 234 Å². The lowest BCUT2D eigenvalue weighted by atomic mass is 10.3. The Kier molecular flexibility index (Phi) is 11.8. The molecule has 3 aromatic rings. The van der Waals surface area contributed by atoms with Gasteiger partial charge in [0.15, 0.2) is 5.84 Å². The zero-order valence-corrected chi connectivity index (χ0v) is 20.5. The minimum absolute atomic E-state index is 0.117. The van der Waals surface area contributed by atoms with Crippen molar-refractivity contribution in [2.45, 2.75) is 18.5 Å². The van der Waals surface area contributed by atoms with Gasteiger partial charge in [-0.3, -0.25) is 0 Å². The van der Waals surface area contributed by atoms with Crippen LogP contribution in [0.5, 0.6) is 0 Å². The molecule has 0 unspecified atom stereocenters. The van der Waals surface area contributed by atoms with Crippen molar-refractivity contribution < 1.29 is 83.4 Å². The lowest BCUT2D eigenvalue weighted by molar-refractivity contribution is -0.221. The van der Waals surface area contributed by atoms with Crippen LogP contribution in [0.15, 0.2) is 46.1 Å². The summed E-state index contributed by atoms with van der Waals surface area (Å²) < 4.78 is 110. The van der Waals surface area contributed by atoms with Gasteiger partial charge >= 0.3 is 48.3 Å². The highest BCUT2D eigenvalue weighted by atomic mass is 19.4. The van der Waals surface area contributed by atoms with Gasteiger partial charge in [0.25, 0.3) is 0 Å². The molecule has 44 heavy (non-hydrogen) atoms. The highest BCUT2D eigenvalue weighted by Gasteiger charge is 2.49. The Balaban J connectivity index is 0.000000338. The summed E-state index contributed by atoms with van der Waals surface area (Å²) in [7, 11) is 0. The largest absolute Gasteiger partial charge is 0.491 e. The molecular weight excluding hydrogens is 639 g/mol. The van der Waals surface area contributed by atoms with Gasteiger partial charge in [-0.15, -0.1) is 0 Å². The van der Waals surface area contributed by atoms with E-state index in [1.807, 2.05) is 0 Å². The smallest absolute Gasteiger partial charge is 0.477 e. The van der Waals surface area contributed by atoms with E-state index in [2.05, 4.69) is 34.5 Å². The zero-order chi connectivity index (χ0) is 34.0. The molecule has 15 nitrogen and oxygen atoms in total. The monoisotopic (exact) mass is 650 g/mol. The number of rotatable bonds is 4. The van der Waals surface area contributed by atoms with Gasteiger partial charge in [-0.2, -0.15) is 44.5 Å². The second-order valence-electron chi connectivity index (χ2n) is 7.01. The number of aromatic carboxylic acids is 2. The maximum absolute atomic E-state index is 12.2. The number of carboxylic acid groups (broad SMARTS) is 2. The maximum atomic E-state index is 12.2. The summed E-state index contributed by atoms with van der Waals surface area (Å²) in [5.41, 5.74) is 4.74. The number of hydrogen-bond acceptors (Lipinski definition) is 12. The number of carboxylic acids is 2. The first kappa shape index (κ1) is 36.2. The Hall–Kier alpha value is -5.84. The van der Waals surface area contributed by atoms with Gasteiger partial charge in [0, 0.05) is 0 Å². The summed E-state index contributed by atoms with van der Waals surface area (Å²) in [6.07, 6.45) is -16.0. The number of nitrogens with two attached hydrogens (primary N) is 1. The highest BCUT2D eigenvalue weighted by molar-refractivity contribution is 5.96. The topological polar surface area (TPSA) is 241 Å². The van der Waals surface area contributed by atoms with E-state index in [-0.39, 0.29) is 28.6 Å². The van der Waals surface area contributed by atoms with E-state index in [4.69, 9.17) is 21.2 Å². The number of hydrogen-bond donors (Lipinski definition) is 4. The normalized spacial score (nSPS) is 11.7. The number of oxime groups is 1. The van der Waals surface area contributed by atoms with Crippen LogP contribution in [0.2, 0.25) is 0 Å². The number of carbonyl (C=O) groups excluding carboxylic acids is 2. The van der Waals surface area contributed by atoms with Crippen molar-refractivity contribution in [3.8, 4) is 11.5 Å². The van der Waals surface area contributed by atoms with Crippen LogP contribution < -0.4 is 5.73 Å². The Morgan fingerprint density at radius 2 is 1.20 bits per heavy atom. The first-order valence-corrected chi connectivity index (χ1v) is 10.3. The lowest BCUT2D eigenvalue weighted by Crippen LogP contribution is -2.34. The molecular formula is C20H11F9N6O9. The fourth-order valence-electron chi connectivity index (χ4n) is 2.07. The quantitative estimate of drug-likeness (QED) is 0.0604. The molecule has 0 saturated heterocycles. The highest BCUT2D eigenvalue weighted by Crippen LogP contribution is 2.29. The number of aromatic nitrogens is 4. The van der Waals surface area contributed by atoms with Crippen LogP contribution in [0.4, 0.5) is 39.5 Å². The molecule has 0 saturated carbocycles. The minimum atomic E-state index is -5.62. The molecule has 3 rings (SSSR count). The third-order valence-electron chi connectivity index (χ3n) is 3.85. The van der Waals surface area contributed by atoms with Crippen LogP contribution in [0.3, 0.4) is 0 Å². The van der Waals surface area contributed by atoms with Crippen LogP contribution >= 0.6 is 0 Å². The van der Waals surface area contributed by atoms with Crippen molar-refractivity contribution in [1.29, 1.82) is 0 Å². The molecule has 0 aliphatic heterocycles. The standard InChI is InChI=1S/C9H4F3N3O3.C7H7N3O3.C4F6O3/c10-9(11,12)8-14-6(15-18-8)4-2-1-3-5(13-4)7(16)17;8-6(10-13)4-2-1-3-5(9-4)7(11)12;5-3(6,7)1(11)13-2(12)4(8,9)10/h1-3H,(H,16,17);1-3,13H,(H2,8,10)(H,11,12);. The summed E-state index contributed by atoms with van der Waals surface area (Å²) in [5, 5.41) is 31.3. The summed E-state index contributed by atoms with van der Waals surface area (Å²) in [4.78, 5) is 50.7. The number of carbonyl (C=O) groups is 4. The van der Waals surface area contributed by atoms with Crippen molar-refractivity contribution in [2.24, 2.45) is 10.9 Å². The van der Waals surface area contributed by atoms with E-state index in [9.17, 15) is 58.7 Å². The molecule has 5 N–H and O–H groups in total. The number of pyridine rings is 2. The molecule has 0 aromatic carbocycles. The van der Waals surface area contributed by atoms with E-state index >= 15 is 0 Å². The van der Waals surface area contributed by atoms with Gasteiger partial charge in [-0.1, -0.05) is 22.4 Å².